The zero-order chi connectivity index (χ0) is 21.1. The summed E-state index contributed by atoms with van der Waals surface area (Å²) in [4.78, 5) is 24.7. The second-order valence-electron chi connectivity index (χ2n) is 8.31. The quantitative estimate of drug-likeness (QED) is 0.518. The number of amides is 1. The van der Waals surface area contributed by atoms with Gasteiger partial charge in [0.2, 0.25) is 5.91 Å². The van der Waals surface area contributed by atoms with Gasteiger partial charge in [-0.1, -0.05) is 32.1 Å². The molecule has 30 heavy (non-hydrogen) atoms. The summed E-state index contributed by atoms with van der Waals surface area (Å²) in [7, 11) is 0. The van der Waals surface area contributed by atoms with Gasteiger partial charge in [-0.05, 0) is 18.8 Å². The maximum Gasteiger partial charge on any atom is 0.220 e. The number of carbonyl (C=O) groups is 1. The van der Waals surface area contributed by atoms with Crippen LogP contribution < -0.4 is 11.1 Å². The highest BCUT2D eigenvalue weighted by Crippen LogP contribution is 2.32. The molecule has 5 N–H and O–H groups in total. The first-order chi connectivity index (χ1) is 14.6. The van der Waals surface area contributed by atoms with Crippen molar-refractivity contribution < 1.29 is 19.7 Å². The smallest absolute Gasteiger partial charge is 0.220 e. The Morgan fingerprint density at radius 1 is 1.27 bits per heavy atom. The number of rotatable bonds is 7. The largest absolute Gasteiger partial charge is 0.394 e. The van der Waals surface area contributed by atoms with Crippen LogP contribution in [-0.2, 0) is 9.53 Å². The Morgan fingerprint density at radius 3 is 2.83 bits per heavy atom. The van der Waals surface area contributed by atoms with E-state index < -0.39 is 24.5 Å². The van der Waals surface area contributed by atoms with Gasteiger partial charge >= 0.3 is 0 Å². The van der Waals surface area contributed by atoms with E-state index in [1.165, 1.54) is 44.8 Å². The predicted octanol–water partition coefficient (Wildman–Crippen LogP) is 0.894. The lowest BCUT2D eigenvalue weighted by molar-refractivity contribution is -0.123. The Morgan fingerprint density at radius 2 is 2.07 bits per heavy atom. The van der Waals surface area contributed by atoms with E-state index in [1.54, 1.807) is 4.57 Å². The van der Waals surface area contributed by atoms with E-state index in [4.69, 9.17) is 10.5 Å². The van der Waals surface area contributed by atoms with Gasteiger partial charge in [-0.15, -0.1) is 0 Å². The minimum atomic E-state index is -1.07. The number of nitrogens with zero attached hydrogens (tertiary/aromatic N) is 4. The first kappa shape index (κ1) is 21.0. The van der Waals surface area contributed by atoms with Gasteiger partial charge in [-0.2, -0.15) is 0 Å². The van der Waals surface area contributed by atoms with Crippen LogP contribution in [0.4, 0.5) is 5.82 Å². The molecular formula is C20H30N6O4. The average Bonchev–Trinajstić information content (AvgIpc) is 3.31. The maximum absolute atomic E-state index is 12.5. The zero-order valence-corrected chi connectivity index (χ0v) is 17.0. The Bertz CT molecular complexity index is 868. The second-order valence-corrected chi connectivity index (χ2v) is 8.31. The van der Waals surface area contributed by atoms with Gasteiger partial charge in [0.05, 0.1) is 19.0 Å². The van der Waals surface area contributed by atoms with Gasteiger partial charge in [0.1, 0.15) is 24.1 Å². The molecule has 1 saturated carbocycles. The van der Waals surface area contributed by atoms with Crippen molar-refractivity contribution in [3.8, 4) is 0 Å². The lowest BCUT2D eigenvalue weighted by Crippen LogP contribution is -2.48. The minimum Gasteiger partial charge on any atom is -0.394 e. The minimum absolute atomic E-state index is 0.139. The van der Waals surface area contributed by atoms with Crippen LogP contribution in [0.5, 0.6) is 0 Å². The number of anilines is 1. The zero-order valence-electron chi connectivity index (χ0n) is 17.0. The molecule has 4 atom stereocenters. The van der Waals surface area contributed by atoms with E-state index in [1.807, 2.05) is 0 Å². The lowest BCUT2D eigenvalue weighted by Gasteiger charge is -2.22. The molecule has 2 aromatic rings. The third-order valence-corrected chi connectivity index (χ3v) is 6.28. The van der Waals surface area contributed by atoms with Crippen molar-refractivity contribution in [2.24, 2.45) is 5.92 Å². The molecule has 164 valence electrons. The fourth-order valence-electron chi connectivity index (χ4n) is 4.65. The van der Waals surface area contributed by atoms with Crippen LogP contribution in [0, 0.1) is 5.92 Å². The van der Waals surface area contributed by atoms with E-state index in [2.05, 4.69) is 20.3 Å². The Hall–Kier alpha value is -2.30. The van der Waals surface area contributed by atoms with Crippen molar-refractivity contribution in [2.75, 3.05) is 12.3 Å². The number of fused-ring (bicyclic) bond motifs is 1. The maximum atomic E-state index is 12.5. The highest BCUT2D eigenvalue weighted by Gasteiger charge is 2.45. The summed E-state index contributed by atoms with van der Waals surface area (Å²) >= 11 is 0. The van der Waals surface area contributed by atoms with Crippen LogP contribution in [0.25, 0.3) is 11.2 Å². The summed E-state index contributed by atoms with van der Waals surface area (Å²) in [5.74, 6) is 0.817. The first-order valence-corrected chi connectivity index (χ1v) is 10.7. The van der Waals surface area contributed by atoms with Gasteiger partial charge in [0.25, 0.3) is 0 Å². The molecule has 0 unspecified atom stereocenters. The van der Waals surface area contributed by atoms with Crippen LogP contribution in [0.3, 0.4) is 0 Å². The highest BCUT2D eigenvalue weighted by atomic mass is 16.5. The molecule has 0 spiro atoms. The van der Waals surface area contributed by atoms with Crippen LogP contribution >= 0.6 is 0 Å². The number of aliphatic hydroxyl groups excluding tert-OH is 2. The number of aliphatic hydroxyl groups is 2. The number of hydrogen-bond donors (Lipinski definition) is 4. The summed E-state index contributed by atoms with van der Waals surface area (Å²) in [6.07, 6.45) is 8.85. The Kier molecular flexibility index (Phi) is 6.45. The van der Waals surface area contributed by atoms with Crippen LogP contribution in [-0.4, -0.2) is 60.5 Å². The molecule has 1 saturated heterocycles. The number of imidazole rings is 1. The van der Waals surface area contributed by atoms with Crippen LogP contribution in [0.15, 0.2) is 12.7 Å². The van der Waals surface area contributed by atoms with Gasteiger partial charge in [0, 0.05) is 6.42 Å². The van der Waals surface area contributed by atoms with E-state index in [-0.39, 0.29) is 18.3 Å². The fourth-order valence-corrected chi connectivity index (χ4v) is 4.65. The second kappa shape index (κ2) is 9.23. The number of carbonyl (C=O) groups excluding carboxylic acids is 1. The topological polar surface area (TPSA) is 148 Å². The van der Waals surface area contributed by atoms with Crippen LogP contribution in [0.1, 0.15) is 57.6 Å². The van der Waals surface area contributed by atoms with E-state index >= 15 is 0 Å². The summed E-state index contributed by atoms with van der Waals surface area (Å²) in [6, 6.07) is -0.723. The van der Waals surface area contributed by atoms with Gasteiger partial charge in [-0.25, -0.2) is 15.0 Å². The summed E-state index contributed by atoms with van der Waals surface area (Å²) in [6.45, 7) is -0.329. The molecular weight excluding hydrogens is 388 g/mol. The van der Waals surface area contributed by atoms with E-state index in [0.717, 1.165) is 18.8 Å². The number of aromatic nitrogens is 4. The first-order valence-electron chi connectivity index (χ1n) is 10.7. The van der Waals surface area contributed by atoms with Gasteiger partial charge in [-0.3, -0.25) is 9.36 Å². The SMILES string of the molecule is Nc1ncnc2c1ncn2[C@@H]1O[C@H](CO)[C@@H](NC(=O)CCCC2CCCCC2)[C@H]1O. The standard InChI is InChI=1S/C20H30N6O4/c21-18-16-19(23-10-22-18)26(11-24-16)20-17(29)15(13(9-27)30-20)25-14(28)8-4-7-12-5-2-1-3-6-12/h10-13,15,17,20,27,29H,1-9H2,(H,25,28)(H2,21,22,23)/t13-,15-,17-,20-/m1/s1. The molecule has 3 heterocycles. The fraction of sp³-hybridized carbons (Fsp3) is 0.700. The summed E-state index contributed by atoms with van der Waals surface area (Å²) in [5.41, 5.74) is 6.65. The van der Waals surface area contributed by atoms with E-state index in [9.17, 15) is 15.0 Å². The molecule has 4 rings (SSSR count). The van der Waals surface area contributed by atoms with Crippen molar-refractivity contribution >= 4 is 22.9 Å². The molecule has 0 radical (unpaired) electrons. The number of ether oxygens (including phenoxy) is 1. The number of nitrogens with two attached hydrogens (primary N) is 1. The molecule has 0 aromatic carbocycles. The molecule has 1 aliphatic carbocycles. The van der Waals surface area contributed by atoms with Gasteiger partial charge in [0.15, 0.2) is 17.7 Å². The molecule has 2 fully saturated rings. The lowest BCUT2D eigenvalue weighted by atomic mass is 9.86. The summed E-state index contributed by atoms with van der Waals surface area (Å²) < 4.78 is 7.39. The molecule has 10 heteroatoms. The van der Waals surface area contributed by atoms with E-state index in [0.29, 0.717) is 17.6 Å². The molecule has 0 bridgehead atoms. The summed E-state index contributed by atoms with van der Waals surface area (Å²) in [5, 5.41) is 23.4. The van der Waals surface area contributed by atoms with Crippen molar-refractivity contribution in [3.63, 3.8) is 0 Å². The van der Waals surface area contributed by atoms with Crippen molar-refractivity contribution in [1.82, 2.24) is 24.8 Å². The molecule has 2 aromatic heterocycles. The van der Waals surface area contributed by atoms with Crippen molar-refractivity contribution in [3.05, 3.63) is 12.7 Å². The average molecular weight is 418 g/mol. The Labute approximate surface area is 174 Å². The Balaban J connectivity index is 1.38. The predicted molar refractivity (Wildman–Crippen MR) is 109 cm³/mol. The number of nitrogens with one attached hydrogen (secondary N) is 1. The van der Waals surface area contributed by atoms with Crippen LogP contribution in [0.2, 0.25) is 0 Å². The molecule has 1 aliphatic heterocycles. The normalized spacial score (nSPS) is 27.5. The van der Waals surface area contributed by atoms with Gasteiger partial charge < -0.3 is 26.0 Å². The third kappa shape index (κ3) is 4.26. The van der Waals surface area contributed by atoms with Crippen molar-refractivity contribution in [2.45, 2.75) is 75.8 Å². The third-order valence-electron chi connectivity index (χ3n) is 6.28. The molecule has 1 amide bonds. The van der Waals surface area contributed by atoms with Crippen molar-refractivity contribution in [1.29, 1.82) is 0 Å². The highest BCUT2D eigenvalue weighted by molar-refractivity contribution is 5.81. The molecule has 10 nitrogen and oxygen atoms in total. The number of hydrogen-bond acceptors (Lipinski definition) is 8. The molecule has 2 aliphatic rings. The monoisotopic (exact) mass is 418 g/mol. The number of nitrogen functional groups attached to an aromatic ring is 1.